The highest BCUT2D eigenvalue weighted by Gasteiger charge is 2.37. The summed E-state index contributed by atoms with van der Waals surface area (Å²) in [4.78, 5) is 14.2. The number of fused-ring (bicyclic) bond motifs is 3. The van der Waals surface area contributed by atoms with E-state index in [2.05, 4.69) is 31.4 Å². The van der Waals surface area contributed by atoms with Crippen LogP contribution in [0.5, 0.6) is 0 Å². The summed E-state index contributed by atoms with van der Waals surface area (Å²) >= 11 is 8.09. The Hall–Kier alpha value is -1.52. The molecule has 1 amide bonds. The number of amides is 1. The Labute approximate surface area is 164 Å². The summed E-state index contributed by atoms with van der Waals surface area (Å²) in [5, 5.41) is 8.27. The monoisotopic (exact) mass is 388 g/mol. The number of rotatable bonds is 3. The fourth-order valence-corrected chi connectivity index (χ4v) is 5.72. The topological polar surface area (TPSA) is 41.1 Å². The Morgan fingerprint density at radius 2 is 2.04 bits per heavy atom. The molecule has 0 saturated heterocycles. The van der Waals surface area contributed by atoms with Crippen LogP contribution in [0.15, 0.2) is 24.3 Å². The van der Waals surface area contributed by atoms with E-state index in [9.17, 15) is 4.79 Å². The van der Waals surface area contributed by atoms with Gasteiger partial charge in [-0.15, -0.1) is 11.3 Å². The average molecular weight is 389 g/mol. The highest BCUT2D eigenvalue weighted by atomic mass is 35.5. The SMILES string of the molecule is CCC(C)(C)[C@H]1CCc2c(sc3c2C(=O)N[C@@H](c2ccccc2Cl)N3)C1. The van der Waals surface area contributed by atoms with Gasteiger partial charge in [-0.25, -0.2) is 0 Å². The summed E-state index contributed by atoms with van der Waals surface area (Å²) in [6, 6.07) is 7.67. The molecular formula is C21H25ClN2OS. The van der Waals surface area contributed by atoms with Crippen LogP contribution in [-0.2, 0) is 12.8 Å². The highest BCUT2D eigenvalue weighted by Crippen LogP contribution is 2.47. The van der Waals surface area contributed by atoms with Crippen LogP contribution in [0.25, 0.3) is 0 Å². The zero-order valence-corrected chi connectivity index (χ0v) is 17.1. The maximum atomic E-state index is 12.9. The molecule has 2 atom stereocenters. The van der Waals surface area contributed by atoms with Gasteiger partial charge in [-0.1, -0.05) is 57.0 Å². The maximum absolute atomic E-state index is 12.9. The number of carbonyl (C=O) groups excluding carboxylic acids is 1. The van der Waals surface area contributed by atoms with E-state index in [-0.39, 0.29) is 12.1 Å². The van der Waals surface area contributed by atoms with E-state index in [0.29, 0.717) is 16.4 Å². The minimum atomic E-state index is -0.272. The van der Waals surface area contributed by atoms with Gasteiger partial charge in [0.1, 0.15) is 11.2 Å². The Bertz CT molecular complexity index is 858. The smallest absolute Gasteiger partial charge is 0.256 e. The average Bonchev–Trinajstić information content (AvgIpc) is 3.00. The van der Waals surface area contributed by atoms with Crippen LogP contribution in [-0.4, -0.2) is 5.91 Å². The van der Waals surface area contributed by atoms with Crippen molar-refractivity contribution in [2.24, 2.45) is 11.3 Å². The normalized spacial score (nSPS) is 22.2. The Kier molecular flexibility index (Phi) is 4.52. The van der Waals surface area contributed by atoms with Crippen LogP contribution >= 0.6 is 22.9 Å². The van der Waals surface area contributed by atoms with Gasteiger partial charge in [-0.3, -0.25) is 4.79 Å². The summed E-state index contributed by atoms with van der Waals surface area (Å²) in [5.41, 5.74) is 3.37. The lowest BCUT2D eigenvalue weighted by Crippen LogP contribution is -2.38. The van der Waals surface area contributed by atoms with Crippen LogP contribution in [0.3, 0.4) is 0 Å². The number of thiophene rings is 1. The summed E-state index contributed by atoms with van der Waals surface area (Å²) in [6.45, 7) is 7.02. The quantitative estimate of drug-likeness (QED) is 0.697. The first kappa shape index (κ1) is 17.9. The molecule has 4 rings (SSSR count). The zero-order chi connectivity index (χ0) is 18.5. The minimum absolute atomic E-state index is 0.0226. The van der Waals surface area contributed by atoms with E-state index in [0.717, 1.165) is 35.4 Å². The number of benzene rings is 1. The van der Waals surface area contributed by atoms with Crippen molar-refractivity contribution >= 4 is 33.8 Å². The van der Waals surface area contributed by atoms with Crippen LogP contribution in [0.2, 0.25) is 5.02 Å². The molecule has 3 nitrogen and oxygen atoms in total. The Morgan fingerprint density at radius 1 is 1.27 bits per heavy atom. The molecule has 2 aliphatic rings. The van der Waals surface area contributed by atoms with Crippen molar-refractivity contribution in [1.29, 1.82) is 0 Å². The number of halogens is 1. The summed E-state index contributed by atoms with van der Waals surface area (Å²) in [7, 11) is 0. The van der Waals surface area contributed by atoms with E-state index in [1.54, 1.807) is 11.3 Å². The molecule has 0 spiro atoms. The van der Waals surface area contributed by atoms with E-state index in [1.807, 2.05) is 24.3 Å². The van der Waals surface area contributed by atoms with E-state index >= 15 is 0 Å². The van der Waals surface area contributed by atoms with Crippen molar-refractivity contribution in [1.82, 2.24) is 5.32 Å². The van der Waals surface area contributed by atoms with Gasteiger partial charge in [0.05, 0.1) is 5.56 Å². The molecule has 0 bridgehead atoms. The maximum Gasteiger partial charge on any atom is 0.256 e. The molecule has 0 fully saturated rings. The summed E-state index contributed by atoms with van der Waals surface area (Å²) in [5.74, 6) is 0.705. The van der Waals surface area contributed by atoms with E-state index < -0.39 is 0 Å². The van der Waals surface area contributed by atoms with Crippen molar-refractivity contribution < 1.29 is 4.79 Å². The third kappa shape index (κ3) is 2.93. The molecule has 1 aliphatic heterocycles. The zero-order valence-electron chi connectivity index (χ0n) is 15.5. The van der Waals surface area contributed by atoms with Gasteiger partial charge >= 0.3 is 0 Å². The van der Waals surface area contributed by atoms with Crippen LogP contribution in [0.1, 0.15) is 66.1 Å². The van der Waals surface area contributed by atoms with Gasteiger partial charge in [-0.2, -0.15) is 0 Å². The highest BCUT2D eigenvalue weighted by molar-refractivity contribution is 7.16. The van der Waals surface area contributed by atoms with Gasteiger partial charge < -0.3 is 10.6 Å². The Morgan fingerprint density at radius 3 is 2.77 bits per heavy atom. The minimum Gasteiger partial charge on any atom is -0.353 e. The first-order valence-electron chi connectivity index (χ1n) is 9.37. The van der Waals surface area contributed by atoms with Crippen LogP contribution < -0.4 is 10.6 Å². The molecule has 0 radical (unpaired) electrons. The second-order valence-electron chi connectivity index (χ2n) is 8.06. The predicted molar refractivity (Wildman–Crippen MR) is 109 cm³/mol. The lowest BCUT2D eigenvalue weighted by Gasteiger charge is -2.36. The fraction of sp³-hybridized carbons (Fsp3) is 0.476. The first-order valence-corrected chi connectivity index (χ1v) is 10.6. The van der Waals surface area contributed by atoms with Crippen molar-refractivity contribution in [3.63, 3.8) is 0 Å². The van der Waals surface area contributed by atoms with Gasteiger partial charge in [0, 0.05) is 15.5 Å². The number of hydrogen-bond donors (Lipinski definition) is 2. The molecule has 2 N–H and O–H groups in total. The van der Waals surface area contributed by atoms with Crippen molar-refractivity contribution in [2.45, 2.75) is 52.6 Å². The van der Waals surface area contributed by atoms with Crippen molar-refractivity contribution in [3.05, 3.63) is 50.9 Å². The van der Waals surface area contributed by atoms with Crippen molar-refractivity contribution in [3.8, 4) is 0 Å². The molecule has 1 aromatic heterocycles. The molecular weight excluding hydrogens is 364 g/mol. The lowest BCUT2D eigenvalue weighted by molar-refractivity contribution is 0.0934. The molecule has 5 heteroatoms. The second kappa shape index (κ2) is 6.58. The van der Waals surface area contributed by atoms with E-state index in [1.165, 1.54) is 16.9 Å². The van der Waals surface area contributed by atoms with Crippen molar-refractivity contribution in [2.75, 3.05) is 5.32 Å². The van der Waals surface area contributed by atoms with Gasteiger partial charge in [0.2, 0.25) is 0 Å². The number of carbonyl (C=O) groups is 1. The molecule has 1 aliphatic carbocycles. The third-order valence-corrected chi connectivity index (χ3v) is 7.81. The molecule has 1 aromatic carbocycles. The first-order chi connectivity index (χ1) is 12.4. The van der Waals surface area contributed by atoms with E-state index in [4.69, 9.17) is 11.6 Å². The summed E-state index contributed by atoms with van der Waals surface area (Å²) < 4.78 is 0. The largest absolute Gasteiger partial charge is 0.353 e. The third-order valence-electron chi connectivity index (χ3n) is 6.28. The second-order valence-corrected chi connectivity index (χ2v) is 9.57. The number of nitrogens with one attached hydrogen (secondary N) is 2. The number of hydrogen-bond acceptors (Lipinski definition) is 3. The summed E-state index contributed by atoms with van der Waals surface area (Å²) in [6.07, 6.45) is 4.16. The standard InChI is InChI=1S/C21H25ClN2OS/c1-4-21(2,3)12-9-10-14-16(11-12)26-20-17(14)19(25)23-18(24-20)13-7-5-6-8-15(13)22/h5-8,12,18,24H,4,9-11H2,1-3H3,(H,23,25)/t12-,18+/m0/s1. The van der Waals surface area contributed by atoms with Crippen LogP contribution in [0.4, 0.5) is 5.00 Å². The molecule has 0 saturated carbocycles. The fourth-order valence-electron chi connectivity index (χ4n) is 4.12. The molecule has 2 aromatic rings. The Balaban J connectivity index is 1.65. The predicted octanol–water partition coefficient (Wildman–Crippen LogP) is 5.80. The molecule has 2 heterocycles. The molecule has 138 valence electrons. The lowest BCUT2D eigenvalue weighted by atomic mass is 9.69. The number of anilines is 1. The van der Waals surface area contributed by atoms with Gasteiger partial charge in [0.25, 0.3) is 5.91 Å². The van der Waals surface area contributed by atoms with Crippen LogP contribution in [0, 0.1) is 11.3 Å². The van der Waals surface area contributed by atoms with Gasteiger partial charge in [-0.05, 0) is 42.2 Å². The molecule has 0 unspecified atom stereocenters. The molecule has 26 heavy (non-hydrogen) atoms. The van der Waals surface area contributed by atoms with Gasteiger partial charge in [0.15, 0.2) is 0 Å².